The highest BCUT2D eigenvalue weighted by atomic mass is 35.5. The lowest BCUT2D eigenvalue weighted by Gasteiger charge is -2.25. The summed E-state index contributed by atoms with van der Waals surface area (Å²) in [5.74, 6) is -0.180. The molecule has 1 aromatic carbocycles. The van der Waals surface area contributed by atoms with Crippen LogP contribution in [0.1, 0.15) is 32.3 Å². The van der Waals surface area contributed by atoms with Gasteiger partial charge in [-0.25, -0.2) is 4.39 Å². The molecule has 20 heavy (non-hydrogen) atoms. The molecule has 1 rings (SSSR count). The number of hydrogen-bond acceptors (Lipinski definition) is 2. The van der Waals surface area contributed by atoms with Crippen LogP contribution < -0.4 is 10.6 Å². The number of benzene rings is 1. The van der Waals surface area contributed by atoms with E-state index in [1.165, 1.54) is 12.1 Å². The molecule has 5 heteroatoms. The molecule has 0 saturated carbocycles. The fourth-order valence-electron chi connectivity index (χ4n) is 1.84. The second kappa shape index (κ2) is 8.93. The van der Waals surface area contributed by atoms with E-state index in [9.17, 15) is 9.18 Å². The summed E-state index contributed by atoms with van der Waals surface area (Å²) in [6.45, 7) is 5.47. The number of rotatable bonds is 7. The average Bonchev–Trinajstić information content (AvgIpc) is 2.37. The predicted molar refractivity (Wildman–Crippen MR) is 82.8 cm³/mol. The van der Waals surface area contributed by atoms with Crippen molar-refractivity contribution in [3.05, 3.63) is 35.6 Å². The Balaban J connectivity index is 0.00000361. The van der Waals surface area contributed by atoms with Crippen LogP contribution in [-0.2, 0) is 10.2 Å². The number of amides is 1. The largest absolute Gasteiger partial charge is 0.355 e. The third kappa shape index (κ3) is 6.35. The monoisotopic (exact) mass is 302 g/mol. The predicted octanol–water partition coefficient (Wildman–Crippen LogP) is 2.64. The number of hydrogen-bond donors (Lipinski definition) is 2. The summed E-state index contributed by atoms with van der Waals surface area (Å²) < 4.78 is 12.9. The topological polar surface area (TPSA) is 41.1 Å². The zero-order valence-corrected chi connectivity index (χ0v) is 13.1. The van der Waals surface area contributed by atoms with Gasteiger partial charge in [0.15, 0.2) is 0 Å². The number of carbonyl (C=O) groups excluding carboxylic acids is 1. The summed E-state index contributed by atoms with van der Waals surface area (Å²) in [6, 6.07) is 6.43. The minimum Gasteiger partial charge on any atom is -0.355 e. The minimum absolute atomic E-state index is 0. The molecule has 0 aliphatic heterocycles. The van der Waals surface area contributed by atoms with Gasteiger partial charge in [0.2, 0.25) is 5.91 Å². The van der Waals surface area contributed by atoms with Crippen LogP contribution in [0.15, 0.2) is 24.3 Å². The van der Waals surface area contributed by atoms with Crippen LogP contribution in [0.25, 0.3) is 0 Å². The molecule has 0 fully saturated rings. The van der Waals surface area contributed by atoms with Gasteiger partial charge in [-0.3, -0.25) is 4.79 Å². The van der Waals surface area contributed by atoms with Crippen molar-refractivity contribution in [1.82, 2.24) is 10.6 Å². The lowest BCUT2D eigenvalue weighted by atomic mass is 9.84. The highest BCUT2D eigenvalue weighted by molar-refractivity contribution is 5.85. The maximum Gasteiger partial charge on any atom is 0.220 e. The Kier molecular flexibility index (Phi) is 8.42. The molecule has 1 amide bonds. The highest BCUT2D eigenvalue weighted by Gasteiger charge is 2.21. The van der Waals surface area contributed by atoms with Gasteiger partial charge in [-0.15, -0.1) is 12.4 Å². The zero-order chi connectivity index (χ0) is 14.3. The molecule has 0 aliphatic rings. The Morgan fingerprint density at radius 1 is 1.25 bits per heavy atom. The van der Waals surface area contributed by atoms with Gasteiger partial charge in [0.25, 0.3) is 0 Å². The summed E-state index contributed by atoms with van der Waals surface area (Å²) >= 11 is 0. The number of carbonyl (C=O) groups is 1. The first-order valence-corrected chi connectivity index (χ1v) is 6.63. The van der Waals surface area contributed by atoms with E-state index in [0.29, 0.717) is 13.0 Å². The molecule has 0 bridgehead atoms. The van der Waals surface area contributed by atoms with Gasteiger partial charge in [-0.2, -0.15) is 0 Å². The molecule has 1 aromatic rings. The molecule has 0 radical (unpaired) electrons. The van der Waals surface area contributed by atoms with Crippen molar-refractivity contribution in [2.45, 2.75) is 32.1 Å². The Morgan fingerprint density at radius 2 is 1.85 bits per heavy atom. The van der Waals surface area contributed by atoms with E-state index >= 15 is 0 Å². The quantitative estimate of drug-likeness (QED) is 0.760. The molecule has 114 valence electrons. The molecule has 0 spiro atoms. The standard InChI is InChI=1S/C15H23FN2O.ClH/c1-15(2,12-6-8-13(16)9-7-12)11-18-14(19)5-4-10-17-3;/h6-9,17H,4-5,10-11H2,1-3H3,(H,18,19);1H. The van der Waals surface area contributed by atoms with Crippen LogP contribution in [0.4, 0.5) is 4.39 Å². The summed E-state index contributed by atoms with van der Waals surface area (Å²) in [6.07, 6.45) is 1.36. The third-order valence-electron chi connectivity index (χ3n) is 3.18. The Hall–Kier alpha value is -1.13. The van der Waals surface area contributed by atoms with E-state index in [4.69, 9.17) is 0 Å². The van der Waals surface area contributed by atoms with E-state index in [0.717, 1.165) is 18.5 Å². The molecule has 2 N–H and O–H groups in total. The smallest absolute Gasteiger partial charge is 0.220 e. The van der Waals surface area contributed by atoms with Crippen molar-refractivity contribution in [1.29, 1.82) is 0 Å². The minimum atomic E-state index is -0.240. The molecule has 0 atom stereocenters. The third-order valence-corrected chi connectivity index (χ3v) is 3.18. The summed E-state index contributed by atoms with van der Waals surface area (Å²) in [5.41, 5.74) is 0.816. The number of nitrogens with one attached hydrogen (secondary N) is 2. The molecular formula is C15H24ClFN2O. The highest BCUT2D eigenvalue weighted by Crippen LogP contribution is 2.22. The number of halogens is 2. The van der Waals surface area contributed by atoms with Crippen LogP contribution in [0.3, 0.4) is 0 Å². The van der Waals surface area contributed by atoms with E-state index in [-0.39, 0.29) is 29.5 Å². The zero-order valence-electron chi connectivity index (χ0n) is 12.3. The lowest BCUT2D eigenvalue weighted by Crippen LogP contribution is -2.36. The van der Waals surface area contributed by atoms with Crippen LogP contribution in [0, 0.1) is 5.82 Å². The van der Waals surface area contributed by atoms with Crippen molar-refractivity contribution in [3.63, 3.8) is 0 Å². The van der Waals surface area contributed by atoms with Crippen molar-refractivity contribution in [2.75, 3.05) is 20.1 Å². The van der Waals surface area contributed by atoms with E-state index < -0.39 is 0 Å². The second-order valence-corrected chi connectivity index (χ2v) is 5.37. The van der Waals surface area contributed by atoms with Gasteiger partial charge in [-0.05, 0) is 37.7 Å². The first-order valence-electron chi connectivity index (χ1n) is 6.63. The Morgan fingerprint density at radius 3 is 2.40 bits per heavy atom. The Labute approximate surface area is 126 Å². The van der Waals surface area contributed by atoms with E-state index in [2.05, 4.69) is 10.6 Å². The van der Waals surface area contributed by atoms with Crippen molar-refractivity contribution in [3.8, 4) is 0 Å². The summed E-state index contributed by atoms with van der Waals surface area (Å²) in [5, 5.41) is 5.95. The maximum atomic E-state index is 12.9. The summed E-state index contributed by atoms with van der Waals surface area (Å²) in [4.78, 5) is 11.7. The average molecular weight is 303 g/mol. The van der Waals surface area contributed by atoms with Gasteiger partial charge in [0, 0.05) is 18.4 Å². The van der Waals surface area contributed by atoms with Crippen LogP contribution in [-0.4, -0.2) is 26.0 Å². The molecule has 0 aliphatic carbocycles. The van der Waals surface area contributed by atoms with Gasteiger partial charge >= 0.3 is 0 Å². The molecule has 0 aromatic heterocycles. The molecule has 0 saturated heterocycles. The molecule has 3 nitrogen and oxygen atoms in total. The SMILES string of the molecule is CNCCCC(=O)NCC(C)(C)c1ccc(F)cc1.Cl. The van der Waals surface area contributed by atoms with Gasteiger partial charge in [-0.1, -0.05) is 26.0 Å². The van der Waals surface area contributed by atoms with E-state index in [1.807, 2.05) is 20.9 Å². The summed E-state index contributed by atoms with van der Waals surface area (Å²) in [7, 11) is 1.87. The van der Waals surface area contributed by atoms with Crippen LogP contribution >= 0.6 is 12.4 Å². The molecule has 0 unspecified atom stereocenters. The van der Waals surface area contributed by atoms with Crippen molar-refractivity contribution >= 4 is 18.3 Å². The van der Waals surface area contributed by atoms with E-state index in [1.54, 1.807) is 12.1 Å². The van der Waals surface area contributed by atoms with Gasteiger partial charge < -0.3 is 10.6 Å². The lowest BCUT2D eigenvalue weighted by molar-refractivity contribution is -0.121. The van der Waals surface area contributed by atoms with Crippen molar-refractivity contribution < 1.29 is 9.18 Å². The maximum absolute atomic E-state index is 12.9. The van der Waals surface area contributed by atoms with Crippen LogP contribution in [0.5, 0.6) is 0 Å². The Bertz CT molecular complexity index is 407. The molecule has 0 heterocycles. The van der Waals surface area contributed by atoms with Crippen LogP contribution in [0.2, 0.25) is 0 Å². The fraction of sp³-hybridized carbons (Fsp3) is 0.533. The van der Waals surface area contributed by atoms with Gasteiger partial charge in [0.05, 0.1) is 0 Å². The first kappa shape index (κ1) is 18.9. The fourth-order valence-corrected chi connectivity index (χ4v) is 1.84. The van der Waals surface area contributed by atoms with Gasteiger partial charge in [0.1, 0.15) is 5.82 Å². The van der Waals surface area contributed by atoms with Crippen molar-refractivity contribution in [2.24, 2.45) is 0 Å². The second-order valence-electron chi connectivity index (χ2n) is 5.37. The molecular weight excluding hydrogens is 279 g/mol. The first-order chi connectivity index (χ1) is 8.95. The normalized spacial score (nSPS) is 10.8.